The molecule has 29 nitrogen and oxygen atoms in total. The minimum Gasteiger partial charge on any atom is -0.494 e. The van der Waals surface area contributed by atoms with Crippen LogP contribution >= 0.6 is 0 Å². The zero-order valence-corrected chi connectivity index (χ0v) is 48.7. The smallest absolute Gasteiger partial charge is 0.357 e. The molecule has 3 fully saturated rings. The maximum Gasteiger partial charge on any atom is 0.357 e. The van der Waals surface area contributed by atoms with Gasteiger partial charge < -0.3 is 95.7 Å². The van der Waals surface area contributed by atoms with Crippen LogP contribution in [0.25, 0.3) is 22.6 Å². The van der Waals surface area contributed by atoms with Gasteiger partial charge in [0.15, 0.2) is 11.5 Å². The number of amides is 8. The zero-order valence-electron chi connectivity index (χ0n) is 47.9. The Balaban J connectivity index is 1.20. The first-order valence-electron chi connectivity index (χ1n) is 28.2. The van der Waals surface area contributed by atoms with Crippen LogP contribution in [-0.2, 0) is 51.3 Å². The van der Waals surface area contributed by atoms with Gasteiger partial charge in [0.25, 0.3) is 5.91 Å². The van der Waals surface area contributed by atoms with E-state index in [4.69, 9.17) is 59.3 Å². The summed E-state index contributed by atoms with van der Waals surface area (Å²) in [5.41, 5.74) is 52.2. The highest BCUT2D eigenvalue weighted by Gasteiger charge is 2.49. The molecule has 3 aromatic carbocycles. The van der Waals surface area contributed by atoms with E-state index in [1.807, 2.05) is 24.3 Å². The third kappa shape index (κ3) is 16.2. The number of anilines is 1. The molecule has 4 heterocycles. The Hall–Kier alpha value is -8.10. The number of aromatic nitrogens is 1. The molecule has 7 rings (SSSR count). The largest absolute Gasteiger partial charge is 0.494 e. The topological polar surface area (TPSA) is 493 Å². The van der Waals surface area contributed by atoms with Crippen molar-refractivity contribution in [1.82, 2.24) is 41.5 Å². The lowest BCUT2D eigenvalue weighted by atomic mass is 9.91. The third-order valence-electron chi connectivity index (χ3n) is 15.6. The average molecular weight is 1220 g/mol. The molecule has 0 aliphatic carbocycles. The molecule has 1 aromatic heterocycles. The molecule has 3 aliphatic heterocycles. The lowest BCUT2D eigenvalue weighted by Gasteiger charge is -2.35. The van der Waals surface area contributed by atoms with Crippen LogP contribution in [0, 0.1) is 11.8 Å². The van der Waals surface area contributed by atoms with Crippen LogP contribution < -0.4 is 81.4 Å². The van der Waals surface area contributed by atoms with Gasteiger partial charge in [0.1, 0.15) is 47.7 Å². The summed E-state index contributed by atoms with van der Waals surface area (Å²) in [6.45, 7) is 5.66. The quantitative estimate of drug-likeness (QED) is 0.0278. The van der Waals surface area contributed by atoms with Crippen LogP contribution in [0.4, 0.5) is 5.69 Å². The van der Waals surface area contributed by atoms with Crippen molar-refractivity contribution in [3.63, 3.8) is 0 Å². The number of primary amides is 1. The van der Waals surface area contributed by atoms with Gasteiger partial charge in [-0.15, -0.1) is 0 Å². The highest BCUT2D eigenvalue weighted by molar-refractivity contribution is 7.74. The van der Waals surface area contributed by atoms with Gasteiger partial charge in [-0.25, -0.2) is 0 Å². The second-order valence-corrected chi connectivity index (χ2v) is 22.8. The minimum absolute atomic E-state index is 0.00299. The van der Waals surface area contributed by atoms with Gasteiger partial charge in [-0.05, 0) is 118 Å². The Bertz CT molecular complexity index is 3120. The molecule has 3 aliphatic rings. The second kappa shape index (κ2) is 29.3. The van der Waals surface area contributed by atoms with E-state index < -0.39 is 150 Å². The molecule has 86 heavy (non-hydrogen) atoms. The van der Waals surface area contributed by atoms with E-state index >= 15 is 0 Å². The van der Waals surface area contributed by atoms with E-state index in [9.17, 15) is 47.1 Å². The number of rotatable bonds is 18. The predicted molar refractivity (Wildman–Crippen MR) is 315 cm³/mol. The summed E-state index contributed by atoms with van der Waals surface area (Å²) in [6.07, 6.45) is -0.594. The molecule has 8 unspecified atom stereocenters. The molecule has 8 amide bonds. The van der Waals surface area contributed by atoms with Crippen molar-refractivity contribution < 1.29 is 60.6 Å². The van der Waals surface area contributed by atoms with Crippen molar-refractivity contribution in [1.29, 1.82) is 0 Å². The van der Waals surface area contributed by atoms with Gasteiger partial charge in [0.2, 0.25) is 41.4 Å². The lowest BCUT2D eigenvalue weighted by Crippen LogP contribution is -2.65. The molecule has 22 N–H and O–H groups in total. The number of carbonyl (C=O) groups is 8. The fraction of sp³-hybridized carbons (Fsp3) is 0.482. The Morgan fingerprint density at radius 3 is 2.16 bits per heavy atom. The predicted octanol–water partition coefficient (Wildman–Crippen LogP) is -2.50. The lowest BCUT2D eigenvalue weighted by molar-refractivity contribution is -0.144. The standard InChI is InChI=1S/C56H78N16O13S/c1-27(21-30-8-17-35(59)42(22-30)85-86(81)82)45-53(77)68-47(36(60)24-43(62)73)56(80)72-26-28(2)44(63)48(72)54(78)69-49(64)37(61)23-39(51(75)67-46(29(3)58)55(79)71-19-6-7-40(71)52(76)66-45)65-50(74)33-11-9-31(10-12-33)38-25-41(84-70-38)32-13-15-34(16-14-32)83-20-5-4-18-57/h8-17,22,25,27-29,36-37,39-40,44-49H,4-7,18-21,23-24,26,57-61,63-64H2,1-3H3,(H2,62,73)(H,65,74)(H,66,76)(H,67,75)(H,68,77)(H,69,78)(H,81,82)/t27-,28+,29?,36?,37-,39+,40?,44+,45?,46?,47?,48?,49+/m1/s1. The number of benzene rings is 3. The number of nitrogens with two attached hydrogens (primary N) is 8. The summed E-state index contributed by atoms with van der Waals surface area (Å²) in [6, 6.07) is 5.36. The molecule has 466 valence electrons. The first kappa shape index (κ1) is 65.4. The molecule has 14 atom stereocenters. The van der Waals surface area contributed by atoms with E-state index in [2.05, 4.69) is 31.7 Å². The van der Waals surface area contributed by atoms with E-state index in [1.54, 1.807) is 38.1 Å². The van der Waals surface area contributed by atoms with Gasteiger partial charge in [-0.1, -0.05) is 37.2 Å². The number of hydrogen-bond acceptors (Lipinski definition) is 20. The van der Waals surface area contributed by atoms with Gasteiger partial charge >= 0.3 is 11.4 Å². The molecule has 3 saturated heterocycles. The normalized spacial score (nSPS) is 25.9. The second-order valence-electron chi connectivity index (χ2n) is 22.2. The Labute approximate surface area is 498 Å². The monoisotopic (exact) mass is 1210 g/mol. The Morgan fingerprint density at radius 1 is 0.837 bits per heavy atom. The van der Waals surface area contributed by atoms with Crippen molar-refractivity contribution in [3.8, 4) is 34.1 Å². The van der Waals surface area contributed by atoms with Crippen molar-refractivity contribution in [3.05, 3.63) is 83.9 Å². The van der Waals surface area contributed by atoms with E-state index in [1.165, 1.54) is 36.1 Å². The third-order valence-corrected chi connectivity index (χ3v) is 15.9. The van der Waals surface area contributed by atoms with Crippen molar-refractivity contribution in [2.45, 2.75) is 132 Å². The van der Waals surface area contributed by atoms with Crippen LogP contribution in [0.1, 0.15) is 75.2 Å². The van der Waals surface area contributed by atoms with Gasteiger partial charge in [0, 0.05) is 66.4 Å². The van der Waals surface area contributed by atoms with Crippen molar-refractivity contribution in [2.24, 2.45) is 52.0 Å². The SMILES string of the molecule is CC(N)C1NC(=O)[C@@H](NC(=O)c2ccc(-c3cc(-c4ccc(OCCCCN)cc4)on3)cc2)C[C@@H](N)[C@@H](N)NC(=O)C2[C@@H](N)[C@@H](C)CN2C(=O)C(C(N)CC(N)=O)NC(=O)C([C@H](C)Cc2ccc(N)c(OS(=O)O)c2)NC(=O)C2CCCN2C1=O. The van der Waals surface area contributed by atoms with Crippen LogP contribution in [0.5, 0.6) is 11.5 Å². The number of nitrogen functional groups attached to an aromatic ring is 1. The first-order valence-corrected chi connectivity index (χ1v) is 29.3. The van der Waals surface area contributed by atoms with Gasteiger partial charge in [-0.2, -0.15) is 4.21 Å². The molecular weight excluding hydrogens is 1140 g/mol. The molecule has 0 saturated carbocycles. The highest BCUT2D eigenvalue weighted by Crippen LogP contribution is 2.30. The molecule has 30 heteroatoms. The van der Waals surface area contributed by atoms with Crippen LogP contribution in [-0.4, -0.2) is 164 Å². The number of carbonyl (C=O) groups excluding carboxylic acids is 8. The van der Waals surface area contributed by atoms with Crippen LogP contribution in [0.2, 0.25) is 0 Å². The van der Waals surface area contributed by atoms with E-state index in [0.717, 1.165) is 23.3 Å². The van der Waals surface area contributed by atoms with Crippen LogP contribution in [0.3, 0.4) is 0 Å². The summed E-state index contributed by atoms with van der Waals surface area (Å²) in [4.78, 5) is 117. The maximum absolute atomic E-state index is 14.9. The Morgan fingerprint density at radius 2 is 1.50 bits per heavy atom. The molecule has 4 aromatic rings. The fourth-order valence-electron chi connectivity index (χ4n) is 10.7. The van der Waals surface area contributed by atoms with Crippen LogP contribution in [0.15, 0.2) is 77.3 Å². The van der Waals surface area contributed by atoms with Gasteiger partial charge in [0.05, 0.1) is 18.5 Å². The number of fused-ring (bicyclic) bond motifs is 2. The maximum atomic E-state index is 14.9. The minimum atomic E-state index is -2.76. The van der Waals surface area contributed by atoms with E-state index in [-0.39, 0.29) is 42.9 Å². The number of nitrogens with zero attached hydrogens (tertiary/aromatic N) is 3. The van der Waals surface area contributed by atoms with Gasteiger partial charge in [-0.3, -0.25) is 42.9 Å². The molecule has 0 radical (unpaired) electrons. The van der Waals surface area contributed by atoms with Crippen molar-refractivity contribution >= 4 is 64.3 Å². The number of nitrogens with one attached hydrogen (secondary N) is 5. The fourth-order valence-corrected chi connectivity index (χ4v) is 11.0. The molecular formula is C56H78N16O13S. The number of unbranched alkanes of at least 4 members (excludes halogenated alkanes) is 1. The summed E-state index contributed by atoms with van der Waals surface area (Å²) < 4.78 is 37.4. The Kier molecular flexibility index (Phi) is 22.3. The number of ether oxygens (including phenoxy) is 1. The summed E-state index contributed by atoms with van der Waals surface area (Å²) >= 11 is -2.76. The van der Waals surface area contributed by atoms with E-state index in [0.29, 0.717) is 47.9 Å². The first-order chi connectivity index (χ1) is 40.8. The highest BCUT2D eigenvalue weighted by atomic mass is 32.2. The summed E-state index contributed by atoms with van der Waals surface area (Å²) in [5.74, 6) is -7.59. The molecule has 0 bridgehead atoms. The summed E-state index contributed by atoms with van der Waals surface area (Å²) in [5, 5.41) is 17.5. The zero-order chi connectivity index (χ0) is 62.7. The number of hydrogen-bond donors (Lipinski definition) is 14. The average Bonchev–Trinajstić information content (AvgIpc) is 2.81. The molecule has 0 spiro atoms. The van der Waals surface area contributed by atoms with Crippen molar-refractivity contribution in [2.75, 3.05) is 32.0 Å². The summed E-state index contributed by atoms with van der Waals surface area (Å²) in [7, 11) is 0.